The van der Waals surface area contributed by atoms with Gasteiger partial charge in [-0.1, -0.05) is 27.5 Å². The van der Waals surface area contributed by atoms with E-state index in [0.29, 0.717) is 5.02 Å². The second-order valence-electron chi connectivity index (χ2n) is 4.25. The number of rotatable bonds is 3. The van der Waals surface area contributed by atoms with Gasteiger partial charge in [0, 0.05) is 15.5 Å². The fourth-order valence-corrected chi connectivity index (χ4v) is 2.73. The third-order valence-electron chi connectivity index (χ3n) is 2.76. The van der Waals surface area contributed by atoms with Crippen molar-refractivity contribution in [3.8, 4) is 0 Å². The predicted molar refractivity (Wildman–Crippen MR) is 76.1 cm³/mol. The first-order chi connectivity index (χ1) is 8.95. The van der Waals surface area contributed by atoms with Crippen LogP contribution in [-0.2, 0) is 6.42 Å². The molecule has 2 rings (SSSR count). The van der Waals surface area contributed by atoms with Gasteiger partial charge in [-0.15, -0.1) is 0 Å². The van der Waals surface area contributed by atoms with Gasteiger partial charge in [-0.25, -0.2) is 8.78 Å². The Balaban J connectivity index is 2.25. The third kappa shape index (κ3) is 3.75. The van der Waals surface area contributed by atoms with Crippen LogP contribution in [0.5, 0.6) is 0 Å². The molecule has 2 aromatic carbocycles. The zero-order valence-electron chi connectivity index (χ0n) is 9.84. The van der Waals surface area contributed by atoms with Gasteiger partial charge in [0.25, 0.3) is 0 Å². The first-order valence-electron chi connectivity index (χ1n) is 5.61. The minimum atomic E-state index is -0.476. The van der Waals surface area contributed by atoms with Crippen LogP contribution < -0.4 is 5.73 Å². The van der Waals surface area contributed by atoms with Gasteiger partial charge in [0.15, 0.2) is 0 Å². The highest BCUT2D eigenvalue weighted by Gasteiger charge is 2.12. The van der Waals surface area contributed by atoms with E-state index in [1.54, 1.807) is 12.1 Å². The number of halogens is 4. The summed E-state index contributed by atoms with van der Waals surface area (Å²) in [5, 5.41) is 0.541. The van der Waals surface area contributed by atoms with Crippen LogP contribution in [0.1, 0.15) is 17.2 Å². The van der Waals surface area contributed by atoms with E-state index in [0.717, 1.165) is 28.2 Å². The molecule has 0 saturated heterocycles. The molecule has 2 N–H and O–H groups in total. The van der Waals surface area contributed by atoms with Crippen LogP contribution in [0, 0.1) is 11.6 Å². The van der Waals surface area contributed by atoms with Crippen LogP contribution in [0.15, 0.2) is 40.9 Å². The monoisotopic (exact) mass is 345 g/mol. The molecule has 0 bridgehead atoms. The van der Waals surface area contributed by atoms with Gasteiger partial charge in [-0.2, -0.15) is 0 Å². The van der Waals surface area contributed by atoms with Crippen molar-refractivity contribution in [2.24, 2.45) is 5.73 Å². The van der Waals surface area contributed by atoms with E-state index < -0.39 is 17.7 Å². The summed E-state index contributed by atoms with van der Waals surface area (Å²) in [4.78, 5) is 0. The van der Waals surface area contributed by atoms with Gasteiger partial charge in [-0.05, 0) is 53.9 Å². The summed E-state index contributed by atoms with van der Waals surface area (Å²) in [5.41, 5.74) is 7.04. The molecular weight excluding hydrogens is 336 g/mol. The van der Waals surface area contributed by atoms with Crippen LogP contribution in [0.25, 0.3) is 0 Å². The molecular formula is C14H11BrClF2N. The van der Waals surface area contributed by atoms with Gasteiger partial charge < -0.3 is 5.73 Å². The van der Waals surface area contributed by atoms with Crippen LogP contribution in [0.3, 0.4) is 0 Å². The van der Waals surface area contributed by atoms with Crippen molar-refractivity contribution in [1.82, 2.24) is 0 Å². The van der Waals surface area contributed by atoms with Gasteiger partial charge in [0.1, 0.15) is 11.6 Å². The lowest BCUT2D eigenvalue weighted by Crippen LogP contribution is -2.14. The van der Waals surface area contributed by atoms with Crippen LogP contribution >= 0.6 is 27.5 Å². The Morgan fingerprint density at radius 2 is 1.89 bits per heavy atom. The summed E-state index contributed by atoms with van der Waals surface area (Å²) in [6.45, 7) is 0. The number of nitrogens with two attached hydrogens (primary N) is 1. The van der Waals surface area contributed by atoms with E-state index in [9.17, 15) is 8.78 Å². The summed E-state index contributed by atoms with van der Waals surface area (Å²) in [6, 6.07) is 8.16. The average molecular weight is 347 g/mol. The van der Waals surface area contributed by atoms with E-state index in [1.807, 2.05) is 6.07 Å². The fraction of sp³-hybridized carbons (Fsp3) is 0.143. The molecule has 1 unspecified atom stereocenters. The largest absolute Gasteiger partial charge is 0.324 e. The smallest absolute Gasteiger partial charge is 0.126 e. The maximum absolute atomic E-state index is 13.5. The molecule has 0 aromatic heterocycles. The number of benzene rings is 2. The molecule has 1 nitrogen and oxygen atoms in total. The summed E-state index contributed by atoms with van der Waals surface area (Å²) in [5.74, 6) is -0.936. The second kappa shape index (κ2) is 5.99. The van der Waals surface area contributed by atoms with Crippen molar-refractivity contribution in [2.45, 2.75) is 12.5 Å². The molecule has 0 spiro atoms. The van der Waals surface area contributed by atoms with E-state index in [-0.39, 0.29) is 12.0 Å². The molecule has 0 fully saturated rings. The molecule has 100 valence electrons. The molecule has 2 aromatic rings. The molecule has 19 heavy (non-hydrogen) atoms. The van der Waals surface area contributed by atoms with Crippen LogP contribution in [-0.4, -0.2) is 0 Å². The van der Waals surface area contributed by atoms with Crippen molar-refractivity contribution >= 4 is 27.5 Å². The van der Waals surface area contributed by atoms with Crippen molar-refractivity contribution in [3.63, 3.8) is 0 Å². The standard InChI is InChI=1S/C14H11BrClF2N/c15-10-3-9(4-11(16)7-10)14(19)6-8-5-12(17)1-2-13(8)18/h1-5,7,14H,6,19H2. The zero-order valence-corrected chi connectivity index (χ0v) is 12.2. The lowest BCUT2D eigenvalue weighted by Gasteiger charge is -2.13. The highest BCUT2D eigenvalue weighted by molar-refractivity contribution is 9.10. The topological polar surface area (TPSA) is 26.0 Å². The predicted octanol–water partition coefficient (Wildman–Crippen LogP) is 4.62. The summed E-state index contributed by atoms with van der Waals surface area (Å²) in [7, 11) is 0. The van der Waals surface area contributed by atoms with Gasteiger partial charge in [-0.3, -0.25) is 0 Å². The zero-order chi connectivity index (χ0) is 14.0. The van der Waals surface area contributed by atoms with Gasteiger partial charge >= 0.3 is 0 Å². The maximum Gasteiger partial charge on any atom is 0.126 e. The minimum absolute atomic E-state index is 0.205. The minimum Gasteiger partial charge on any atom is -0.324 e. The molecule has 0 aliphatic rings. The summed E-state index contributed by atoms with van der Waals surface area (Å²) >= 11 is 9.25. The first-order valence-corrected chi connectivity index (χ1v) is 6.78. The molecule has 0 radical (unpaired) electrons. The van der Waals surface area contributed by atoms with E-state index >= 15 is 0 Å². The van der Waals surface area contributed by atoms with Gasteiger partial charge in [0.05, 0.1) is 0 Å². The van der Waals surface area contributed by atoms with Crippen molar-refractivity contribution in [3.05, 3.63) is 68.7 Å². The Bertz CT molecular complexity index is 584. The summed E-state index contributed by atoms with van der Waals surface area (Å²) in [6.07, 6.45) is 0.205. The molecule has 0 heterocycles. The molecule has 0 aliphatic carbocycles. The molecule has 0 saturated carbocycles. The normalized spacial score (nSPS) is 12.5. The van der Waals surface area contributed by atoms with Crippen LogP contribution in [0.4, 0.5) is 8.78 Å². The lowest BCUT2D eigenvalue weighted by molar-refractivity contribution is 0.572. The average Bonchev–Trinajstić information content (AvgIpc) is 2.32. The van der Waals surface area contributed by atoms with Crippen LogP contribution in [0.2, 0.25) is 5.02 Å². The van der Waals surface area contributed by atoms with E-state index in [1.165, 1.54) is 0 Å². The number of hydrogen-bond donors (Lipinski definition) is 1. The molecule has 0 aliphatic heterocycles. The Kier molecular flexibility index (Phi) is 4.55. The van der Waals surface area contributed by atoms with Crippen molar-refractivity contribution < 1.29 is 8.78 Å². The molecule has 1 atom stereocenters. The quantitative estimate of drug-likeness (QED) is 0.862. The Morgan fingerprint density at radius 3 is 2.58 bits per heavy atom. The second-order valence-corrected chi connectivity index (χ2v) is 5.60. The maximum atomic E-state index is 13.5. The Morgan fingerprint density at radius 1 is 1.16 bits per heavy atom. The lowest BCUT2D eigenvalue weighted by atomic mass is 9.99. The highest BCUT2D eigenvalue weighted by Crippen LogP contribution is 2.25. The Hall–Kier alpha value is -0.970. The number of hydrogen-bond acceptors (Lipinski definition) is 1. The van der Waals surface area contributed by atoms with E-state index in [4.69, 9.17) is 17.3 Å². The van der Waals surface area contributed by atoms with Gasteiger partial charge in [0.2, 0.25) is 0 Å². The Labute approximate surface area is 123 Å². The highest BCUT2D eigenvalue weighted by atomic mass is 79.9. The SMILES string of the molecule is NC(Cc1cc(F)ccc1F)c1cc(Cl)cc(Br)c1. The van der Waals surface area contributed by atoms with Crippen molar-refractivity contribution in [2.75, 3.05) is 0 Å². The molecule has 5 heteroatoms. The van der Waals surface area contributed by atoms with E-state index in [2.05, 4.69) is 15.9 Å². The first kappa shape index (κ1) is 14.4. The molecule has 0 amide bonds. The fourth-order valence-electron chi connectivity index (χ4n) is 1.84. The summed E-state index contributed by atoms with van der Waals surface area (Å²) < 4.78 is 27.4. The third-order valence-corrected chi connectivity index (χ3v) is 3.44. The van der Waals surface area contributed by atoms with Crippen molar-refractivity contribution in [1.29, 1.82) is 0 Å².